The average Bonchev–Trinajstić information content (AvgIpc) is 2.46. The van der Waals surface area contributed by atoms with Gasteiger partial charge in [-0.2, -0.15) is 5.26 Å². The van der Waals surface area contributed by atoms with Crippen LogP contribution in [-0.2, 0) is 0 Å². The predicted octanol–water partition coefficient (Wildman–Crippen LogP) is 4.92. The maximum absolute atomic E-state index is 8.67. The first-order valence-electron chi connectivity index (χ1n) is 6.34. The van der Waals surface area contributed by atoms with Gasteiger partial charge in [-0.1, -0.05) is 60.7 Å². The largest absolute Gasteiger partial charge is 0.198 e. The Morgan fingerprint density at radius 3 is 2.05 bits per heavy atom. The first-order chi connectivity index (χ1) is 9.40. The molecular weight excluding hydrogens is 230 g/mol. The Morgan fingerprint density at radius 2 is 1.47 bits per heavy atom. The van der Waals surface area contributed by atoms with Crippen molar-refractivity contribution in [3.05, 3.63) is 66.2 Å². The maximum atomic E-state index is 8.67. The molecule has 1 heteroatoms. The highest BCUT2D eigenvalue weighted by Crippen LogP contribution is 2.29. The molecular formula is C18H13N. The monoisotopic (exact) mass is 243 g/mol. The summed E-state index contributed by atoms with van der Waals surface area (Å²) < 4.78 is 0. The topological polar surface area (TPSA) is 23.8 Å². The van der Waals surface area contributed by atoms with Crippen molar-refractivity contribution in [2.45, 2.75) is 6.42 Å². The summed E-state index contributed by atoms with van der Waals surface area (Å²) >= 11 is 0. The molecule has 0 radical (unpaired) electrons. The van der Waals surface area contributed by atoms with Crippen LogP contribution in [-0.4, -0.2) is 0 Å². The van der Waals surface area contributed by atoms with Crippen LogP contribution in [0.3, 0.4) is 0 Å². The highest BCUT2D eigenvalue weighted by atomic mass is 14.2. The van der Waals surface area contributed by atoms with Crippen molar-refractivity contribution < 1.29 is 0 Å². The summed E-state index contributed by atoms with van der Waals surface area (Å²) in [6.45, 7) is 0. The molecule has 0 saturated carbocycles. The molecule has 0 N–H and O–H groups in total. The highest BCUT2D eigenvalue weighted by molar-refractivity contribution is 6.06. The van der Waals surface area contributed by atoms with Crippen molar-refractivity contribution >= 4 is 27.6 Å². The molecule has 0 aliphatic rings. The molecule has 0 heterocycles. The molecule has 19 heavy (non-hydrogen) atoms. The zero-order chi connectivity index (χ0) is 13.1. The molecule has 0 saturated heterocycles. The first kappa shape index (κ1) is 11.5. The lowest BCUT2D eigenvalue weighted by molar-refractivity contribution is 1.36. The molecule has 3 rings (SSSR count). The molecule has 0 atom stereocenters. The van der Waals surface area contributed by atoms with Crippen molar-refractivity contribution in [3.63, 3.8) is 0 Å². The normalized spacial score (nSPS) is 11.1. The first-order valence-corrected chi connectivity index (χ1v) is 6.34. The number of allylic oxidation sites excluding steroid dienone is 1. The quantitative estimate of drug-likeness (QED) is 0.586. The van der Waals surface area contributed by atoms with Gasteiger partial charge in [-0.25, -0.2) is 0 Å². The summed E-state index contributed by atoms with van der Waals surface area (Å²) in [5, 5.41) is 13.6. The second kappa shape index (κ2) is 4.96. The fourth-order valence-electron chi connectivity index (χ4n) is 2.46. The summed E-state index contributed by atoms with van der Waals surface area (Å²) in [6, 6.07) is 21.1. The SMILES string of the molecule is N#CCC=Cc1c2ccccc2cc2ccccc12. The van der Waals surface area contributed by atoms with E-state index < -0.39 is 0 Å². The van der Waals surface area contributed by atoms with Crippen LogP contribution in [0.25, 0.3) is 27.6 Å². The minimum atomic E-state index is 0.442. The molecule has 0 spiro atoms. The number of nitrogens with zero attached hydrogens (tertiary/aromatic N) is 1. The van der Waals surface area contributed by atoms with Crippen LogP contribution in [0.1, 0.15) is 12.0 Å². The number of rotatable bonds is 2. The van der Waals surface area contributed by atoms with Crippen molar-refractivity contribution in [2.24, 2.45) is 0 Å². The summed E-state index contributed by atoms with van der Waals surface area (Å²) in [5.74, 6) is 0. The molecule has 0 unspecified atom stereocenters. The highest BCUT2D eigenvalue weighted by Gasteiger charge is 2.04. The number of nitriles is 1. The molecule has 0 amide bonds. The Balaban J connectivity index is 2.37. The van der Waals surface area contributed by atoms with Crippen LogP contribution in [0.15, 0.2) is 60.7 Å². The Hall–Kier alpha value is -2.59. The van der Waals surface area contributed by atoms with Gasteiger partial charge in [0.1, 0.15) is 0 Å². The standard InChI is InChI=1S/C18H13N/c19-12-6-5-11-18-16-9-3-1-7-14(16)13-15-8-2-4-10-17(15)18/h1-5,7-11,13H,6H2. The smallest absolute Gasteiger partial charge is 0.0663 e. The van der Waals surface area contributed by atoms with Gasteiger partial charge in [0.2, 0.25) is 0 Å². The molecule has 0 bridgehead atoms. The Bertz CT molecular complexity index is 753. The zero-order valence-electron chi connectivity index (χ0n) is 10.5. The third-order valence-electron chi connectivity index (χ3n) is 3.31. The van der Waals surface area contributed by atoms with Crippen LogP contribution < -0.4 is 0 Å². The zero-order valence-corrected chi connectivity index (χ0v) is 10.5. The van der Waals surface area contributed by atoms with Crippen molar-refractivity contribution in [2.75, 3.05) is 0 Å². The molecule has 0 fully saturated rings. The number of hydrogen-bond acceptors (Lipinski definition) is 1. The second-order valence-electron chi connectivity index (χ2n) is 4.50. The number of fused-ring (bicyclic) bond motifs is 2. The third-order valence-corrected chi connectivity index (χ3v) is 3.31. The lowest BCUT2D eigenvalue weighted by Crippen LogP contribution is -1.83. The minimum Gasteiger partial charge on any atom is -0.198 e. The molecule has 90 valence electrons. The lowest BCUT2D eigenvalue weighted by Gasteiger charge is -2.08. The predicted molar refractivity (Wildman–Crippen MR) is 80.7 cm³/mol. The second-order valence-corrected chi connectivity index (χ2v) is 4.50. The summed E-state index contributed by atoms with van der Waals surface area (Å²) in [6.07, 6.45) is 4.43. The van der Waals surface area contributed by atoms with E-state index in [4.69, 9.17) is 5.26 Å². The Morgan fingerprint density at radius 1 is 0.895 bits per heavy atom. The summed E-state index contributed by atoms with van der Waals surface area (Å²) in [5.41, 5.74) is 1.20. The van der Waals surface area contributed by atoms with E-state index in [2.05, 4.69) is 66.7 Å². The van der Waals surface area contributed by atoms with E-state index in [1.807, 2.05) is 6.08 Å². The van der Waals surface area contributed by atoms with Crippen molar-refractivity contribution in [1.29, 1.82) is 5.26 Å². The van der Waals surface area contributed by atoms with Gasteiger partial charge in [0.05, 0.1) is 12.5 Å². The van der Waals surface area contributed by atoms with E-state index in [0.29, 0.717) is 6.42 Å². The van der Waals surface area contributed by atoms with Gasteiger partial charge in [0.15, 0.2) is 0 Å². The summed E-state index contributed by atoms with van der Waals surface area (Å²) in [4.78, 5) is 0. The Kier molecular flexibility index (Phi) is 3.00. The van der Waals surface area contributed by atoms with Crippen LogP contribution in [0.5, 0.6) is 0 Å². The molecule has 3 aromatic rings. The van der Waals surface area contributed by atoms with E-state index in [1.54, 1.807) is 0 Å². The van der Waals surface area contributed by atoms with Gasteiger partial charge in [0, 0.05) is 0 Å². The van der Waals surface area contributed by atoms with Crippen LogP contribution >= 0.6 is 0 Å². The van der Waals surface area contributed by atoms with Crippen molar-refractivity contribution in [1.82, 2.24) is 0 Å². The average molecular weight is 243 g/mol. The Labute approximate surface area is 112 Å². The fraction of sp³-hybridized carbons (Fsp3) is 0.0556. The van der Waals surface area contributed by atoms with Gasteiger partial charge < -0.3 is 0 Å². The van der Waals surface area contributed by atoms with Crippen LogP contribution in [0.4, 0.5) is 0 Å². The van der Waals surface area contributed by atoms with Gasteiger partial charge in [-0.3, -0.25) is 0 Å². The van der Waals surface area contributed by atoms with Gasteiger partial charge >= 0.3 is 0 Å². The van der Waals surface area contributed by atoms with E-state index in [0.717, 1.165) is 0 Å². The third kappa shape index (κ3) is 2.09. The molecule has 1 nitrogen and oxygen atoms in total. The van der Waals surface area contributed by atoms with E-state index in [1.165, 1.54) is 27.1 Å². The van der Waals surface area contributed by atoms with Gasteiger partial charge in [-0.15, -0.1) is 0 Å². The van der Waals surface area contributed by atoms with Gasteiger partial charge in [0.25, 0.3) is 0 Å². The van der Waals surface area contributed by atoms with E-state index in [-0.39, 0.29) is 0 Å². The molecule has 0 aliphatic heterocycles. The minimum absolute atomic E-state index is 0.442. The van der Waals surface area contributed by atoms with Crippen molar-refractivity contribution in [3.8, 4) is 6.07 Å². The van der Waals surface area contributed by atoms with Crippen LogP contribution in [0.2, 0.25) is 0 Å². The van der Waals surface area contributed by atoms with Crippen LogP contribution in [0, 0.1) is 11.3 Å². The number of benzene rings is 3. The maximum Gasteiger partial charge on any atom is 0.0663 e. The molecule has 0 aromatic heterocycles. The van der Waals surface area contributed by atoms with E-state index in [9.17, 15) is 0 Å². The molecule has 0 aliphatic carbocycles. The summed E-state index contributed by atoms with van der Waals surface area (Å²) in [7, 11) is 0. The van der Waals surface area contributed by atoms with E-state index >= 15 is 0 Å². The van der Waals surface area contributed by atoms with Gasteiger partial charge in [-0.05, 0) is 33.2 Å². The number of hydrogen-bond donors (Lipinski definition) is 0. The lowest BCUT2D eigenvalue weighted by atomic mass is 9.96. The molecule has 3 aromatic carbocycles. The fourth-order valence-corrected chi connectivity index (χ4v) is 2.46.